The number of aryl methyl sites for hydroxylation is 1. The van der Waals surface area contributed by atoms with Crippen LogP contribution in [0.4, 0.5) is 22.0 Å². The lowest BCUT2D eigenvalue weighted by atomic mass is 9.91. The number of nitrogens with zero attached hydrogens (tertiary/aromatic N) is 2. The van der Waals surface area contributed by atoms with E-state index in [1.54, 1.807) is 6.08 Å². The summed E-state index contributed by atoms with van der Waals surface area (Å²) in [6.45, 7) is 1.83. The predicted molar refractivity (Wildman–Crippen MR) is 79.6 cm³/mol. The van der Waals surface area contributed by atoms with Crippen LogP contribution in [0.15, 0.2) is 35.7 Å². The van der Waals surface area contributed by atoms with Crippen molar-refractivity contribution in [2.75, 3.05) is 0 Å². The molecule has 132 valence electrons. The largest absolute Gasteiger partial charge is 0.396 e. The Labute approximate surface area is 136 Å². The molecule has 2 unspecified atom stereocenters. The lowest BCUT2D eigenvalue weighted by Gasteiger charge is -2.16. The van der Waals surface area contributed by atoms with Crippen LogP contribution < -0.4 is 0 Å². The number of alkyl halides is 4. The van der Waals surface area contributed by atoms with Crippen molar-refractivity contribution in [2.24, 2.45) is 5.92 Å². The summed E-state index contributed by atoms with van der Waals surface area (Å²) < 4.78 is 63.8. The minimum absolute atomic E-state index is 0.125. The molecule has 1 aromatic rings. The van der Waals surface area contributed by atoms with Crippen LogP contribution >= 0.6 is 0 Å². The Morgan fingerprint density at radius 2 is 2.08 bits per heavy atom. The summed E-state index contributed by atoms with van der Waals surface area (Å²) in [6.07, 6.45) is -0.223. The molecule has 1 aliphatic rings. The summed E-state index contributed by atoms with van der Waals surface area (Å²) in [5.41, 5.74) is 0.478. The second-order valence-corrected chi connectivity index (χ2v) is 5.76. The van der Waals surface area contributed by atoms with Crippen molar-refractivity contribution in [1.82, 2.24) is 15.2 Å². The minimum Gasteiger partial charge on any atom is -0.263 e. The maximum Gasteiger partial charge on any atom is 0.396 e. The molecule has 2 atom stereocenters. The van der Waals surface area contributed by atoms with Gasteiger partial charge in [0, 0.05) is 6.42 Å². The van der Waals surface area contributed by atoms with Crippen LogP contribution in [0.25, 0.3) is 0 Å². The first kappa shape index (κ1) is 18.4. The third-order valence-electron chi connectivity index (χ3n) is 3.72. The lowest BCUT2D eigenvalue weighted by Crippen LogP contribution is -2.12. The molecule has 0 spiro atoms. The van der Waals surface area contributed by atoms with Crippen molar-refractivity contribution < 1.29 is 22.0 Å². The van der Waals surface area contributed by atoms with Gasteiger partial charge in [-0.1, -0.05) is 19.1 Å². The van der Waals surface area contributed by atoms with Gasteiger partial charge in [0.2, 0.25) is 0 Å². The average Bonchev–Trinajstić information content (AvgIpc) is 2.80. The summed E-state index contributed by atoms with van der Waals surface area (Å²) in [4.78, 5) is 3.80. The number of hydrogen-bond acceptors (Lipinski definition) is 2. The molecule has 0 fully saturated rings. The predicted octanol–water partition coefficient (Wildman–Crippen LogP) is 4.56. The van der Waals surface area contributed by atoms with Crippen LogP contribution in [0, 0.1) is 5.92 Å². The van der Waals surface area contributed by atoms with E-state index in [0.717, 1.165) is 6.08 Å². The number of H-pyrrole nitrogens is 1. The van der Waals surface area contributed by atoms with E-state index in [2.05, 4.69) is 15.2 Å². The van der Waals surface area contributed by atoms with Gasteiger partial charge in [0.05, 0.1) is 0 Å². The highest BCUT2D eigenvalue weighted by molar-refractivity contribution is 5.31. The Morgan fingerprint density at radius 1 is 1.33 bits per heavy atom. The van der Waals surface area contributed by atoms with Gasteiger partial charge in [-0.2, -0.15) is 18.3 Å². The van der Waals surface area contributed by atoms with Gasteiger partial charge in [-0.15, -0.1) is 0 Å². The van der Waals surface area contributed by atoms with Gasteiger partial charge in [-0.05, 0) is 36.5 Å². The SMILES string of the molecule is CC(CCCc1n[nH]c(CC(F)(F)F)n1)C1=CC=CC(F)=CC1F. The standard InChI is InChI=1S/C16H18F5N3/c1-10(12-6-3-5-11(17)8-13(12)18)4-2-7-14-22-15(24-23-14)9-16(19,20)21/h3,5-6,8,10,13H,2,4,7,9H2,1H3,(H,22,23,24). The summed E-state index contributed by atoms with van der Waals surface area (Å²) >= 11 is 0. The number of rotatable bonds is 6. The fraction of sp³-hybridized carbons (Fsp3) is 0.500. The van der Waals surface area contributed by atoms with Crippen LogP contribution in [0.1, 0.15) is 31.4 Å². The van der Waals surface area contributed by atoms with Gasteiger partial charge in [-0.25, -0.2) is 13.8 Å². The smallest absolute Gasteiger partial charge is 0.263 e. The van der Waals surface area contributed by atoms with E-state index in [0.29, 0.717) is 30.7 Å². The highest BCUT2D eigenvalue weighted by Crippen LogP contribution is 2.26. The first-order valence-electron chi connectivity index (χ1n) is 7.61. The molecule has 1 aliphatic carbocycles. The van der Waals surface area contributed by atoms with E-state index in [4.69, 9.17) is 0 Å². The Hall–Kier alpha value is -1.99. The fourth-order valence-corrected chi connectivity index (χ4v) is 2.52. The molecule has 3 nitrogen and oxygen atoms in total. The maximum absolute atomic E-state index is 14.0. The van der Waals surface area contributed by atoms with Crippen molar-refractivity contribution >= 4 is 0 Å². The third-order valence-corrected chi connectivity index (χ3v) is 3.72. The number of nitrogens with one attached hydrogen (secondary N) is 1. The second-order valence-electron chi connectivity index (χ2n) is 5.76. The molecule has 0 saturated carbocycles. The Kier molecular flexibility index (Phi) is 5.90. The highest BCUT2D eigenvalue weighted by Gasteiger charge is 2.29. The number of allylic oxidation sites excluding steroid dienone is 6. The topological polar surface area (TPSA) is 41.6 Å². The molecule has 0 bridgehead atoms. The van der Waals surface area contributed by atoms with E-state index in [1.165, 1.54) is 12.2 Å². The summed E-state index contributed by atoms with van der Waals surface area (Å²) in [5, 5.41) is 6.03. The molecule has 2 rings (SSSR count). The lowest BCUT2D eigenvalue weighted by molar-refractivity contribution is -0.128. The number of aromatic nitrogens is 3. The molecular formula is C16H18F5N3. The Morgan fingerprint density at radius 3 is 2.79 bits per heavy atom. The molecule has 0 aliphatic heterocycles. The van der Waals surface area contributed by atoms with Crippen LogP contribution in [-0.4, -0.2) is 27.5 Å². The molecule has 1 N–H and O–H groups in total. The quantitative estimate of drug-likeness (QED) is 0.767. The van der Waals surface area contributed by atoms with E-state index in [9.17, 15) is 22.0 Å². The minimum atomic E-state index is -4.33. The molecule has 24 heavy (non-hydrogen) atoms. The average molecular weight is 347 g/mol. The number of halogens is 5. The van der Waals surface area contributed by atoms with Gasteiger partial charge >= 0.3 is 6.18 Å². The molecule has 0 amide bonds. The normalized spacial score (nSPS) is 19.7. The third kappa shape index (κ3) is 5.58. The molecule has 8 heteroatoms. The van der Waals surface area contributed by atoms with Gasteiger partial charge in [0.15, 0.2) is 5.82 Å². The van der Waals surface area contributed by atoms with Crippen LogP contribution in [0.2, 0.25) is 0 Å². The highest BCUT2D eigenvalue weighted by atomic mass is 19.4. The molecule has 1 heterocycles. The van der Waals surface area contributed by atoms with Crippen LogP contribution in [0.5, 0.6) is 0 Å². The molecule has 0 radical (unpaired) electrons. The first-order chi connectivity index (χ1) is 11.2. The van der Waals surface area contributed by atoms with Crippen molar-refractivity contribution in [3.63, 3.8) is 0 Å². The van der Waals surface area contributed by atoms with Gasteiger partial charge < -0.3 is 0 Å². The number of hydrogen-bond donors (Lipinski definition) is 1. The zero-order chi connectivity index (χ0) is 17.7. The molecule has 0 saturated heterocycles. The van der Waals surface area contributed by atoms with Crippen molar-refractivity contribution in [3.05, 3.63) is 47.4 Å². The van der Waals surface area contributed by atoms with E-state index in [-0.39, 0.29) is 11.7 Å². The summed E-state index contributed by atoms with van der Waals surface area (Å²) in [7, 11) is 0. The Bertz CT molecular complexity index is 642. The number of aromatic amines is 1. The monoisotopic (exact) mass is 347 g/mol. The van der Waals surface area contributed by atoms with Crippen LogP contribution in [0.3, 0.4) is 0 Å². The van der Waals surface area contributed by atoms with Gasteiger partial charge in [-0.3, -0.25) is 5.10 Å². The van der Waals surface area contributed by atoms with E-state index >= 15 is 0 Å². The Balaban J connectivity index is 1.84. The van der Waals surface area contributed by atoms with Crippen LogP contribution in [-0.2, 0) is 12.8 Å². The summed E-state index contributed by atoms with van der Waals surface area (Å²) in [5.74, 6) is -0.648. The molecule has 0 aromatic carbocycles. The van der Waals surface area contributed by atoms with Gasteiger partial charge in [0.25, 0.3) is 0 Å². The van der Waals surface area contributed by atoms with Gasteiger partial charge in [0.1, 0.15) is 24.2 Å². The molecular weight excluding hydrogens is 329 g/mol. The zero-order valence-electron chi connectivity index (χ0n) is 13.1. The van der Waals surface area contributed by atoms with Crippen molar-refractivity contribution in [3.8, 4) is 0 Å². The first-order valence-corrected chi connectivity index (χ1v) is 7.61. The fourth-order valence-electron chi connectivity index (χ4n) is 2.52. The van der Waals surface area contributed by atoms with Crippen molar-refractivity contribution in [1.29, 1.82) is 0 Å². The van der Waals surface area contributed by atoms with E-state index in [1.807, 2.05) is 6.92 Å². The zero-order valence-corrected chi connectivity index (χ0v) is 13.1. The maximum atomic E-state index is 14.0. The second kappa shape index (κ2) is 7.72. The summed E-state index contributed by atoms with van der Waals surface area (Å²) in [6, 6.07) is 0. The van der Waals surface area contributed by atoms with E-state index < -0.39 is 24.6 Å². The van der Waals surface area contributed by atoms with Crippen molar-refractivity contribution in [2.45, 2.75) is 45.0 Å². The molecule has 1 aromatic heterocycles.